The van der Waals surface area contributed by atoms with Gasteiger partial charge in [-0.3, -0.25) is 5.01 Å². The van der Waals surface area contributed by atoms with Crippen molar-refractivity contribution in [3.8, 4) is 0 Å². The minimum Gasteiger partial charge on any atom is -0.465 e. The number of hydrazone groups is 1. The van der Waals surface area contributed by atoms with E-state index < -0.39 is 0 Å². The summed E-state index contributed by atoms with van der Waals surface area (Å²) < 4.78 is 5.30. The maximum Gasteiger partial charge on any atom is 0.126 e. The van der Waals surface area contributed by atoms with Crippen LogP contribution in [-0.4, -0.2) is 37.4 Å². The van der Waals surface area contributed by atoms with E-state index in [4.69, 9.17) is 4.42 Å². The largest absolute Gasteiger partial charge is 0.465 e. The van der Waals surface area contributed by atoms with Gasteiger partial charge in [-0.25, -0.2) is 0 Å². The minimum atomic E-state index is 0.859. The molecule has 0 N–H and O–H groups in total. The van der Waals surface area contributed by atoms with Crippen LogP contribution in [0.25, 0.3) is 6.08 Å². The van der Waals surface area contributed by atoms with Crippen LogP contribution in [0.15, 0.2) is 63.8 Å². The summed E-state index contributed by atoms with van der Waals surface area (Å²) >= 11 is 0. The molecule has 1 aromatic carbocycles. The summed E-state index contributed by atoms with van der Waals surface area (Å²) in [5, 5.41) is 6.69. The summed E-state index contributed by atoms with van der Waals surface area (Å²) in [5.41, 5.74) is 2.38. The molecule has 0 saturated carbocycles. The molecule has 114 valence electrons. The smallest absolute Gasteiger partial charge is 0.126 e. The van der Waals surface area contributed by atoms with Crippen molar-refractivity contribution in [3.05, 3.63) is 60.1 Å². The van der Waals surface area contributed by atoms with E-state index in [1.807, 2.05) is 31.3 Å². The molecular weight excluding hydrogens is 274 g/mol. The second kappa shape index (κ2) is 6.98. The highest BCUT2D eigenvalue weighted by atomic mass is 16.3. The monoisotopic (exact) mass is 295 g/mol. The Morgan fingerprint density at radius 1 is 1.05 bits per heavy atom. The highest BCUT2D eigenvalue weighted by molar-refractivity contribution is 5.83. The van der Waals surface area contributed by atoms with Gasteiger partial charge >= 0.3 is 0 Å². The lowest BCUT2D eigenvalue weighted by Crippen LogP contribution is -2.44. The predicted molar refractivity (Wildman–Crippen MR) is 91.1 cm³/mol. The maximum atomic E-state index is 5.30. The summed E-state index contributed by atoms with van der Waals surface area (Å²) in [6, 6.07) is 14.4. The van der Waals surface area contributed by atoms with Gasteiger partial charge in [0.15, 0.2) is 0 Å². The van der Waals surface area contributed by atoms with Crippen molar-refractivity contribution in [1.82, 2.24) is 5.01 Å². The second-order valence-corrected chi connectivity index (χ2v) is 5.42. The molecule has 0 aliphatic carbocycles. The maximum absolute atomic E-state index is 5.30. The number of anilines is 1. The molecule has 0 bridgehead atoms. The third-order valence-corrected chi connectivity index (χ3v) is 3.72. The van der Waals surface area contributed by atoms with Crippen LogP contribution in [0.5, 0.6) is 0 Å². The normalized spacial score (nSPS) is 16.5. The first-order valence-corrected chi connectivity index (χ1v) is 7.62. The van der Waals surface area contributed by atoms with E-state index in [9.17, 15) is 0 Å². The van der Waals surface area contributed by atoms with Crippen molar-refractivity contribution in [2.24, 2.45) is 5.10 Å². The fourth-order valence-electron chi connectivity index (χ4n) is 2.52. The second-order valence-electron chi connectivity index (χ2n) is 5.42. The van der Waals surface area contributed by atoms with E-state index in [0.717, 1.165) is 37.5 Å². The molecule has 1 fully saturated rings. The quantitative estimate of drug-likeness (QED) is 0.809. The summed E-state index contributed by atoms with van der Waals surface area (Å²) in [7, 11) is 0. The number of hydrogen-bond donors (Lipinski definition) is 0. The van der Waals surface area contributed by atoms with Crippen LogP contribution in [0.4, 0.5) is 5.69 Å². The molecule has 0 radical (unpaired) electrons. The summed E-state index contributed by atoms with van der Waals surface area (Å²) in [6.45, 7) is 5.93. The first-order chi connectivity index (χ1) is 10.8. The lowest BCUT2D eigenvalue weighted by molar-refractivity contribution is 0.272. The SMILES string of the molecule is C/C(C=NN1CCN(c2ccccc2)CC1)=C\c1ccco1. The molecule has 0 amide bonds. The molecular formula is C18H21N3O. The number of furan rings is 1. The van der Waals surface area contributed by atoms with Crippen LogP contribution in [-0.2, 0) is 0 Å². The van der Waals surface area contributed by atoms with Gasteiger partial charge in [-0.1, -0.05) is 18.2 Å². The third-order valence-electron chi connectivity index (χ3n) is 3.72. The Morgan fingerprint density at radius 2 is 1.82 bits per heavy atom. The lowest BCUT2D eigenvalue weighted by Gasteiger charge is -2.34. The van der Waals surface area contributed by atoms with Crippen molar-refractivity contribution in [2.75, 3.05) is 31.1 Å². The molecule has 0 atom stereocenters. The molecule has 1 aliphatic rings. The van der Waals surface area contributed by atoms with Crippen LogP contribution in [0.3, 0.4) is 0 Å². The fourth-order valence-corrected chi connectivity index (χ4v) is 2.52. The van der Waals surface area contributed by atoms with Gasteiger partial charge in [0, 0.05) is 18.8 Å². The van der Waals surface area contributed by atoms with Crippen LogP contribution in [0.2, 0.25) is 0 Å². The van der Waals surface area contributed by atoms with Crippen molar-refractivity contribution in [3.63, 3.8) is 0 Å². The molecule has 22 heavy (non-hydrogen) atoms. The molecule has 0 spiro atoms. The fraction of sp³-hybridized carbons (Fsp3) is 0.278. The highest BCUT2D eigenvalue weighted by Crippen LogP contribution is 2.15. The van der Waals surface area contributed by atoms with Gasteiger partial charge in [0.1, 0.15) is 5.76 Å². The summed E-state index contributed by atoms with van der Waals surface area (Å²) in [6.07, 6.45) is 5.57. The molecule has 1 aromatic heterocycles. The number of benzene rings is 1. The molecule has 1 aliphatic heterocycles. The highest BCUT2D eigenvalue weighted by Gasteiger charge is 2.15. The topological polar surface area (TPSA) is 32.0 Å². The van der Waals surface area contributed by atoms with Crippen LogP contribution in [0.1, 0.15) is 12.7 Å². The summed E-state index contributed by atoms with van der Waals surface area (Å²) in [4.78, 5) is 2.40. The minimum absolute atomic E-state index is 0.859. The number of rotatable bonds is 4. The van der Waals surface area contributed by atoms with Gasteiger partial charge < -0.3 is 9.32 Å². The van der Waals surface area contributed by atoms with Gasteiger partial charge in [-0.05, 0) is 42.8 Å². The van der Waals surface area contributed by atoms with Gasteiger partial charge in [0.05, 0.1) is 25.6 Å². The van der Waals surface area contributed by atoms with E-state index in [1.54, 1.807) is 6.26 Å². The standard InChI is InChI=1S/C18H21N3O/c1-16(14-18-8-5-13-22-18)15-19-21-11-9-20(10-12-21)17-6-3-2-4-7-17/h2-8,13-15H,9-12H2,1H3/b16-14+,19-15?. The average Bonchev–Trinajstić information content (AvgIpc) is 3.07. The molecule has 0 unspecified atom stereocenters. The van der Waals surface area contributed by atoms with Crippen LogP contribution in [0, 0.1) is 0 Å². The van der Waals surface area contributed by atoms with E-state index in [0.29, 0.717) is 0 Å². The Hall–Kier alpha value is -2.49. The van der Waals surface area contributed by atoms with E-state index in [1.165, 1.54) is 5.69 Å². The Balaban J connectivity index is 1.52. The number of hydrogen-bond acceptors (Lipinski definition) is 4. The van der Waals surface area contributed by atoms with E-state index in [2.05, 4.69) is 45.3 Å². The number of allylic oxidation sites excluding steroid dienone is 1. The molecule has 3 rings (SSSR count). The molecule has 4 heteroatoms. The van der Waals surface area contributed by atoms with Crippen molar-refractivity contribution in [1.29, 1.82) is 0 Å². The predicted octanol–water partition coefficient (Wildman–Crippen LogP) is 3.49. The Morgan fingerprint density at radius 3 is 2.50 bits per heavy atom. The third kappa shape index (κ3) is 3.79. The zero-order valence-electron chi connectivity index (χ0n) is 12.9. The zero-order valence-corrected chi connectivity index (χ0v) is 12.9. The molecule has 1 saturated heterocycles. The number of piperazine rings is 1. The van der Waals surface area contributed by atoms with Crippen molar-refractivity contribution in [2.45, 2.75) is 6.92 Å². The van der Waals surface area contributed by atoms with Crippen LogP contribution < -0.4 is 4.90 Å². The van der Waals surface area contributed by atoms with E-state index >= 15 is 0 Å². The summed E-state index contributed by atoms with van der Waals surface area (Å²) in [5.74, 6) is 0.859. The number of para-hydroxylation sites is 1. The molecule has 2 heterocycles. The molecule has 2 aromatic rings. The lowest BCUT2D eigenvalue weighted by atomic mass is 10.2. The Labute approximate surface area is 131 Å². The van der Waals surface area contributed by atoms with Gasteiger partial charge in [-0.2, -0.15) is 5.10 Å². The molecule has 4 nitrogen and oxygen atoms in total. The van der Waals surface area contributed by atoms with Gasteiger partial charge in [0.2, 0.25) is 0 Å². The first kappa shape index (κ1) is 14.4. The average molecular weight is 295 g/mol. The van der Waals surface area contributed by atoms with E-state index in [-0.39, 0.29) is 0 Å². The van der Waals surface area contributed by atoms with Gasteiger partial charge in [-0.15, -0.1) is 0 Å². The van der Waals surface area contributed by atoms with Crippen molar-refractivity contribution < 1.29 is 4.42 Å². The van der Waals surface area contributed by atoms with Gasteiger partial charge in [0.25, 0.3) is 0 Å². The Kier molecular flexibility index (Phi) is 4.59. The van der Waals surface area contributed by atoms with Crippen molar-refractivity contribution >= 4 is 18.0 Å². The van der Waals surface area contributed by atoms with Crippen LogP contribution >= 0.6 is 0 Å². The zero-order chi connectivity index (χ0) is 15.2. The first-order valence-electron chi connectivity index (χ1n) is 7.62. The Bertz CT molecular complexity index is 624. The number of nitrogens with zero attached hydrogens (tertiary/aromatic N) is 3.